The molecule has 5 rings (SSSR count). The van der Waals surface area contributed by atoms with Crippen molar-refractivity contribution in [1.82, 2.24) is 14.3 Å². The Morgan fingerprint density at radius 1 is 0.818 bits per heavy atom. The van der Waals surface area contributed by atoms with Crippen LogP contribution in [0, 0.1) is 11.6 Å². The van der Waals surface area contributed by atoms with Gasteiger partial charge in [0.1, 0.15) is 22.0 Å². The summed E-state index contributed by atoms with van der Waals surface area (Å²) in [6, 6.07) is 15.4. The first-order valence-corrected chi connectivity index (χ1v) is 11.9. The van der Waals surface area contributed by atoms with E-state index in [1.54, 1.807) is 24.5 Å². The van der Waals surface area contributed by atoms with Crippen LogP contribution in [0.4, 0.5) is 14.6 Å². The van der Waals surface area contributed by atoms with Crippen LogP contribution in [0.15, 0.2) is 78.0 Å². The van der Waals surface area contributed by atoms with Crippen LogP contribution < -0.4 is 4.90 Å². The van der Waals surface area contributed by atoms with Gasteiger partial charge in [-0.05, 0) is 35.9 Å². The number of piperazine rings is 1. The Balaban J connectivity index is 1.43. The molecule has 2 aromatic heterocycles. The van der Waals surface area contributed by atoms with Crippen LogP contribution in [0.1, 0.15) is 0 Å². The molecule has 1 saturated heterocycles. The van der Waals surface area contributed by atoms with Gasteiger partial charge in [-0.1, -0.05) is 30.3 Å². The normalized spacial score (nSPS) is 15.2. The second-order valence-corrected chi connectivity index (χ2v) is 9.63. The van der Waals surface area contributed by atoms with E-state index < -0.39 is 15.8 Å². The minimum absolute atomic E-state index is 0.201. The molecule has 4 aromatic rings. The lowest BCUT2D eigenvalue weighted by molar-refractivity contribution is 0.381. The van der Waals surface area contributed by atoms with Crippen molar-refractivity contribution in [1.29, 1.82) is 0 Å². The highest BCUT2D eigenvalue weighted by atomic mass is 32.2. The van der Waals surface area contributed by atoms with Crippen molar-refractivity contribution in [3.63, 3.8) is 0 Å². The number of nitrogens with zero attached hydrogens (tertiary/aromatic N) is 4. The molecule has 0 spiro atoms. The fourth-order valence-electron chi connectivity index (χ4n) is 4.08. The molecular weight excluding hydrogens is 446 g/mol. The van der Waals surface area contributed by atoms with Crippen molar-refractivity contribution < 1.29 is 17.2 Å². The van der Waals surface area contributed by atoms with Gasteiger partial charge in [0, 0.05) is 49.5 Å². The second kappa shape index (κ2) is 8.49. The zero-order chi connectivity index (χ0) is 23.0. The van der Waals surface area contributed by atoms with E-state index in [9.17, 15) is 17.2 Å². The van der Waals surface area contributed by atoms with Crippen molar-refractivity contribution >= 4 is 26.7 Å². The quantitative estimate of drug-likeness (QED) is 0.453. The fourth-order valence-corrected chi connectivity index (χ4v) is 5.57. The lowest BCUT2D eigenvalue weighted by Gasteiger charge is -2.35. The SMILES string of the molecule is O=S(=O)(c1ccccc1F)N1CCN(c2ncc(-c3ccc(F)cc3)c3cccnc23)CC1. The largest absolute Gasteiger partial charge is 0.352 e. The van der Waals surface area contributed by atoms with E-state index in [4.69, 9.17) is 0 Å². The molecule has 3 heterocycles. The third-order valence-electron chi connectivity index (χ3n) is 5.77. The first kappa shape index (κ1) is 21.4. The number of pyridine rings is 2. The highest BCUT2D eigenvalue weighted by Gasteiger charge is 2.31. The number of anilines is 1. The van der Waals surface area contributed by atoms with E-state index in [2.05, 4.69) is 9.97 Å². The van der Waals surface area contributed by atoms with Crippen molar-refractivity contribution in [2.45, 2.75) is 4.90 Å². The summed E-state index contributed by atoms with van der Waals surface area (Å²) in [7, 11) is -3.92. The molecule has 0 saturated carbocycles. The topological polar surface area (TPSA) is 66.4 Å². The molecule has 0 unspecified atom stereocenters. The van der Waals surface area contributed by atoms with Gasteiger partial charge in [0.15, 0.2) is 5.82 Å². The summed E-state index contributed by atoms with van der Waals surface area (Å²) in [5.74, 6) is -0.415. The van der Waals surface area contributed by atoms with E-state index >= 15 is 0 Å². The number of sulfonamides is 1. The van der Waals surface area contributed by atoms with E-state index in [0.717, 1.165) is 22.6 Å². The van der Waals surface area contributed by atoms with Gasteiger partial charge in [0.2, 0.25) is 10.0 Å². The molecule has 1 fully saturated rings. The van der Waals surface area contributed by atoms with Crippen LogP contribution in [0.25, 0.3) is 22.0 Å². The lowest BCUT2D eigenvalue weighted by atomic mass is 10.0. The molecule has 0 radical (unpaired) electrons. The average molecular weight is 467 g/mol. The van der Waals surface area contributed by atoms with Crippen molar-refractivity contribution in [2.24, 2.45) is 0 Å². The van der Waals surface area contributed by atoms with Crippen LogP contribution in [0.5, 0.6) is 0 Å². The Labute approximate surface area is 190 Å². The first-order chi connectivity index (χ1) is 15.9. The zero-order valence-corrected chi connectivity index (χ0v) is 18.3. The summed E-state index contributed by atoms with van der Waals surface area (Å²) in [4.78, 5) is 10.8. The summed E-state index contributed by atoms with van der Waals surface area (Å²) in [5, 5.41) is 0.871. The summed E-state index contributed by atoms with van der Waals surface area (Å²) in [6.45, 7) is 1.18. The Morgan fingerprint density at radius 2 is 1.55 bits per heavy atom. The molecule has 2 aromatic carbocycles. The molecule has 168 valence electrons. The van der Waals surface area contributed by atoms with E-state index in [-0.39, 0.29) is 23.8 Å². The Morgan fingerprint density at radius 3 is 2.27 bits per heavy atom. The smallest absolute Gasteiger partial charge is 0.246 e. The minimum atomic E-state index is -3.92. The van der Waals surface area contributed by atoms with Gasteiger partial charge in [-0.25, -0.2) is 22.2 Å². The maximum absolute atomic E-state index is 14.1. The van der Waals surface area contributed by atoms with Gasteiger partial charge >= 0.3 is 0 Å². The number of hydrogen-bond donors (Lipinski definition) is 0. The van der Waals surface area contributed by atoms with E-state index in [0.29, 0.717) is 24.4 Å². The highest BCUT2D eigenvalue weighted by molar-refractivity contribution is 7.89. The molecule has 33 heavy (non-hydrogen) atoms. The number of hydrogen-bond acceptors (Lipinski definition) is 5. The van der Waals surface area contributed by atoms with Crippen LogP contribution >= 0.6 is 0 Å². The number of fused-ring (bicyclic) bond motifs is 1. The molecule has 0 amide bonds. The van der Waals surface area contributed by atoms with Crippen LogP contribution in [0.2, 0.25) is 0 Å². The molecule has 9 heteroatoms. The lowest BCUT2D eigenvalue weighted by Crippen LogP contribution is -2.49. The Hall–Kier alpha value is -3.43. The molecule has 0 bridgehead atoms. The number of benzene rings is 2. The Kier molecular flexibility index (Phi) is 5.51. The molecule has 6 nitrogen and oxygen atoms in total. The van der Waals surface area contributed by atoms with Crippen molar-refractivity contribution in [2.75, 3.05) is 31.1 Å². The molecule has 1 aliphatic rings. The monoisotopic (exact) mass is 466 g/mol. The molecule has 1 aliphatic heterocycles. The van der Waals surface area contributed by atoms with Gasteiger partial charge in [0.25, 0.3) is 0 Å². The van der Waals surface area contributed by atoms with Crippen molar-refractivity contribution in [3.05, 3.63) is 84.7 Å². The van der Waals surface area contributed by atoms with Gasteiger partial charge in [-0.3, -0.25) is 4.98 Å². The summed E-state index contributed by atoms with van der Waals surface area (Å²) in [5.41, 5.74) is 2.35. The average Bonchev–Trinajstić information content (AvgIpc) is 2.84. The number of rotatable bonds is 4. The van der Waals surface area contributed by atoms with Gasteiger partial charge < -0.3 is 4.90 Å². The van der Waals surface area contributed by atoms with Gasteiger partial charge in [-0.2, -0.15) is 4.31 Å². The van der Waals surface area contributed by atoms with Gasteiger partial charge in [0.05, 0.1) is 0 Å². The molecule has 0 N–H and O–H groups in total. The predicted octanol–water partition coefficient (Wildman–Crippen LogP) is 4.09. The standard InChI is InChI=1S/C24H20F2N4O2S/c25-18-9-7-17(8-10-18)20-16-28-24(23-19(20)4-3-11-27-23)29-12-14-30(15-13-29)33(31,32)22-6-2-1-5-21(22)26/h1-11,16H,12-15H2. The number of aromatic nitrogens is 2. The fraction of sp³-hybridized carbons (Fsp3) is 0.167. The summed E-state index contributed by atoms with van der Waals surface area (Å²) in [6.07, 6.45) is 3.41. The molecular formula is C24H20F2N4O2S. The van der Waals surface area contributed by atoms with Crippen LogP contribution in [0.3, 0.4) is 0 Å². The van der Waals surface area contributed by atoms with Crippen LogP contribution in [-0.2, 0) is 10.0 Å². The molecule has 0 atom stereocenters. The summed E-state index contributed by atoms with van der Waals surface area (Å²) >= 11 is 0. The Bertz CT molecular complexity index is 1420. The maximum Gasteiger partial charge on any atom is 0.246 e. The van der Waals surface area contributed by atoms with E-state index in [1.165, 1.54) is 34.6 Å². The predicted molar refractivity (Wildman–Crippen MR) is 122 cm³/mol. The highest BCUT2D eigenvalue weighted by Crippen LogP contribution is 2.32. The first-order valence-electron chi connectivity index (χ1n) is 10.4. The number of halogens is 2. The van der Waals surface area contributed by atoms with Crippen molar-refractivity contribution in [3.8, 4) is 11.1 Å². The van der Waals surface area contributed by atoms with Crippen LogP contribution in [-0.4, -0.2) is 48.9 Å². The molecule has 0 aliphatic carbocycles. The van der Waals surface area contributed by atoms with E-state index in [1.807, 2.05) is 17.0 Å². The zero-order valence-electron chi connectivity index (χ0n) is 17.5. The third-order valence-corrected chi connectivity index (χ3v) is 7.71. The minimum Gasteiger partial charge on any atom is -0.352 e. The van der Waals surface area contributed by atoms with Gasteiger partial charge in [-0.15, -0.1) is 0 Å². The third kappa shape index (κ3) is 3.94. The second-order valence-electron chi connectivity index (χ2n) is 7.72. The maximum atomic E-state index is 14.1. The summed E-state index contributed by atoms with van der Waals surface area (Å²) < 4.78 is 54.6.